The third kappa shape index (κ3) is 2.51. The summed E-state index contributed by atoms with van der Waals surface area (Å²) in [5, 5.41) is 10.4. The van der Waals surface area contributed by atoms with Crippen LogP contribution >= 0.6 is 11.3 Å². The van der Waals surface area contributed by atoms with Gasteiger partial charge in [0, 0.05) is 17.5 Å². The van der Waals surface area contributed by atoms with E-state index >= 15 is 0 Å². The molecular weight excluding hydrogens is 220 g/mol. The van der Waals surface area contributed by atoms with Crippen LogP contribution in [0, 0.1) is 10.1 Å². The van der Waals surface area contributed by atoms with Gasteiger partial charge in [-0.1, -0.05) is 11.3 Å². The Hall–Kier alpha value is -1.47. The topological polar surface area (TPSA) is 95.5 Å². The molecule has 0 amide bonds. The number of carbonyl (C=O) groups is 1. The quantitative estimate of drug-likeness (QED) is 0.470. The summed E-state index contributed by atoms with van der Waals surface area (Å²) in [5.74, 6) is -1.09. The first kappa shape index (κ1) is 11.6. The fraction of sp³-hybridized carbons (Fsp3) is 0.375. The molecule has 0 aliphatic heterocycles. The number of hydrogen-bond acceptors (Lipinski definition) is 6. The molecule has 0 spiro atoms. The van der Waals surface area contributed by atoms with Crippen LogP contribution in [0.2, 0.25) is 0 Å². The van der Waals surface area contributed by atoms with Crippen LogP contribution in [0.3, 0.4) is 0 Å². The van der Waals surface area contributed by atoms with Crippen LogP contribution in [-0.2, 0) is 9.53 Å². The van der Waals surface area contributed by atoms with Crippen molar-refractivity contribution < 1.29 is 14.5 Å². The number of nitrogens with zero attached hydrogens (tertiary/aromatic N) is 1. The van der Waals surface area contributed by atoms with Crippen LogP contribution in [0.4, 0.5) is 5.00 Å². The molecule has 0 bridgehead atoms. The van der Waals surface area contributed by atoms with Crippen molar-refractivity contribution in [2.45, 2.75) is 5.92 Å². The highest BCUT2D eigenvalue weighted by molar-refractivity contribution is 7.15. The SMILES string of the molecule is COC(=O)C(CN)c1ccc([N+](=O)[O-])s1. The average molecular weight is 230 g/mol. The van der Waals surface area contributed by atoms with Crippen molar-refractivity contribution in [2.24, 2.45) is 5.73 Å². The van der Waals surface area contributed by atoms with Gasteiger partial charge < -0.3 is 10.5 Å². The molecule has 1 aromatic heterocycles. The Kier molecular flexibility index (Phi) is 3.75. The van der Waals surface area contributed by atoms with Gasteiger partial charge in [-0.05, 0) is 6.07 Å². The summed E-state index contributed by atoms with van der Waals surface area (Å²) < 4.78 is 4.55. The zero-order chi connectivity index (χ0) is 11.4. The third-order valence-corrected chi connectivity index (χ3v) is 3.01. The summed E-state index contributed by atoms with van der Waals surface area (Å²) in [7, 11) is 1.26. The second kappa shape index (κ2) is 4.85. The van der Waals surface area contributed by atoms with E-state index in [9.17, 15) is 14.9 Å². The molecule has 0 saturated heterocycles. The number of rotatable bonds is 4. The molecule has 7 heteroatoms. The molecule has 82 valence electrons. The molecule has 1 rings (SSSR count). The van der Waals surface area contributed by atoms with Crippen LogP contribution in [-0.4, -0.2) is 24.5 Å². The van der Waals surface area contributed by atoms with E-state index < -0.39 is 16.8 Å². The van der Waals surface area contributed by atoms with E-state index in [1.54, 1.807) is 0 Å². The van der Waals surface area contributed by atoms with E-state index in [4.69, 9.17) is 5.73 Å². The highest BCUT2D eigenvalue weighted by Gasteiger charge is 2.23. The van der Waals surface area contributed by atoms with Gasteiger partial charge in [0.25, 0.3) is 0 Å². The lowest BCUT2D eigenvalue weighted by Gasteiger charge is -2.08. The monoisotopic (exact) mass is 230 g/mol. The lowest BCUT2D eigenvalue weighted by atomic mass is 10.1. The first-order chi connectivity index (χ1) is 7.10. The number of nitrogens with two attached hydrogens (primary N) is 1. The van der Waals surface area contributed by atoms with E-state index in [1.807, 2.05) is 0 Å². The Balaban J connectivity index is 2.92. The summed E-state index contributed by atoms with van der Waals surface area (Å²) in [6.07, 6.45) is 0. The first-order valence-electron chi connectivity index (χ1n) is 4.12. The summed E-state index contributed by atoms with van der Waals surface area (Å²) in [6, 6.07) is 2.88. The maximum absolute atomic E-state index is 11.3. The fourth-order valence-corrected chi connectivity index (χ4v) is 2.02. The Morgan fingerprint density at radius 3 is 2.80 bits per heavy atom. The van der Waals surface area contributed by atoms with Gasteiger partial charge in [-0.3, -0.25) is 14.9 Å². The van der Waals surface area contributed by atoms with E-state index in [2.05, 4.69) is 4.74 Å². The predicted molar refractivity (Wildman–Crippen MR) is 54.8 cm³/mol. The van der Waals surface area contributed by atoms with Gasteiger partial charge in [-0.25, -0.2) is 0 Å². The van der Waals surface area contributed by atoms with Gasteiger partial charge in [0.15, 0.2) is 0 Å². The van der Waals surface area contributed by atoms with Crippen LogP contribution in [0.25, 0.3) is 0 Å². The Labute approximate surface area is 89.8 Å². The van der Waals surface area contributed by atoms with Crippen molar-refractivity contribution in [3.63, 3.8) is 0 Å². The van der Waals surface area contributed by atoms with Crippen molar-refractivity contribution in [1.82, 2.24) is 0 Å². The molecule has 0 aromatic carbocycles. The highest BCUT2D eigenvalue weighted by atomic mass is 32.1. The summed E-state index contributed by atoms with van der Waals surface area (Å²) in [6.45, 7) is 0.0738. The zero-order valence-corrected chi connectivity index (χ0v) is 8.82. The van der Waals surface area contributed by atoms with Gasteiger partial charge in [0.05, 0.1) is 12.0 Å². The molecule has 0 aliphatic rings. The normalized spacial score (nSPS) is 12.1. The summed E-state index contributed by atoms with van der Waals surface area (Å²) >= 11 is 0.937. The standard InChI is InChI=1S/C8H10N2O4S/c1-14-8(11)5(4-9)6-2-3-7(15-6)10(12)13/h2-3,5H,4,9H2,1H3. The number of thiophene rings is 1. The molecule has 0 aliphatic carbocycles. The summed E-state index contributed by atoms with van der Waals surface area (Å²) in [5.41, 5.74) is 5.40. The first-order valence-corrected chi connectivity index (χ1v) is 4.93. The average Bonchev–Trinajstić information content (AvgIpc) is 2.68. The Bertz CT molecular complexity index is 376. The molecule has 15 heavy (non-hydrogen) atoms. The number of ether oxygens (including phenoxy) is 1. The second-order valence-electron chi connectivity index (χ2n) is 2.74. The maximum Gasteiger partial charge on any atom is 0.324 e. The molecule has 1 aromatic rings. The number of hydrogen-bond donors (Lipinski definition) is 1. The van der Waals surface area contributed by atoms with E-state index in [0.717, 1.165) is 11.3 Å². The van der Waals surface area contributed by atoms with Crippen LogP contribution in [0.15, 0.2) is 12.1 Å². The minimum Gasteiger partial charge on any atom is -0.468 e. The smallest absolute Gasteiger partial charge is 0.324 e. The highest BCUT2D eigenvalue weighted by Crippen LogP contribution is 2.30. The molecule has 2 N–H and O–H groups in total. The molecule has 0 fully saturated rings. The zero-order valence-electron chi connectivity index (χ0n) is 8.00. The van der Waals surface area contributed by atoms with Gasteiger partial charge in [-0.15, -0.1) is 0 Å². The van der Waals surface area contributed by atoms with Crippen molar-refractivity contribution in [3.8, 4) is 0 Å². The van der Waals surface area contributed by atoms with Gasteiger partial charge in [0.2, 0.25) is 0 Å². The van der Waals surface area contributed by atoms with Crippen molar-refractivity contribution >= 4 is 22.3 Å². The Morgan fingerprint density at radius 1 is 1.73 bits per heavy atom. The lowest BCUT2D eigenvalue weighted by molar-refractivity contribution is -0.380. The number of nitro groups is 1. The van der Waals surface area contributed by atoms with Gasteiger partial charge in [0.1, 0.15) is 5.92 Å². The van der Waals surface area contributed by atoms with Crippen molar-refractivity contribution in [2.75, 3.05) is 13.7 Å². The Morgan fingerprint density at radius 2 is 2.40 bits per heavy atom. The van der Waals surface area contributed by atoms with Crippen LogP contribution < -0.4 is 5.73 Å². The molecule has 0 saturated carbocycles. The second-order valence-corrected chi connectivity index (χ2v) is 3.84. The molecule has 1 heterocycles. The predicted octanol–water partition coefficient (Wildman–Crippen LogP) is 0.872. The van der Waals surface area contributed by atoms with Crippen molar-refractivity contribution in [3.05, 3.63) is 27.1 Å². The molecule has 1 unspecified atom stereocenters. The largest absolute Gasteiger partial charge is 0.468 e. The van der Waals surface area contributed by atoms with E-state index in [1.165, 1.54) is 19.2 Å². The van der Waals surface area contributed by atoms with Crippen molar-refractivity contribution in [1.29, 1.82) is 0 Å². The van der Waals surface area contributed by atoms with Crippen LogP contribution in [0.1, 0.15) is 10.8 Å². The minimum absolute atomic E-state index is 0.00708. The minimum atomic E-state index is -0.617. The summed E-state index contributed by atoms with van der Waals surface area (Å²) in [4.78, 5) is 21.7. The number of methoxy groups -OCH3 is 1. The van der Waals surface area contributed by atoms with E-state index in [-0.39, 0.29) is 11.5 Å². The molecular formula is C8H10N2O4S. The van der Waals surface area contributed by atoms with Gasteiger partial charge in [-0.2, -0.15) is 0 Å². The number of carbonyl (C=O) groups excluding carboxylic acids is 1. The number of esters is 1. The fourth-order valence-electron chi connectivity index (χ4n) is 1.10. The maximum atomic E-state index is 11.3. The van der Waals surface area contributed by atoms with Crippen LogP contribution in [0.5, 0.6) is 0 Å². The molecule has 0 radical (unpaired) electrons. The third-order valence-electron chi connectivity index (χ3n) is 1.86. The van der Waals surface area contributed by atoms with E-state index in [0.29, 0.717) is 4.88 Å². The van der Waals surface area contributed by atoms with Gasteiger partial charge >= 0.3 is 11.0 Å². The lowest BCUT2D eigenvalue weighted by Crippen LogP contribution is -2.21. The molecule has 1 atom stereocenters. The molecule has 6 nitrogen and oxygen atoms in total.